The fourth-order valence-corrected chi connectivity index (χ4v) is 4.74. The van der Waals surface area contributed by atoms with Gasteiger partial charge in [0.1, 0.15) is 0 Å². The van der Waals surface area contributed by atoms with Gasteiger partial charge < -0.3 is 5.73 Å². The first-order chi connectivity index (χ1) is 8.85. The first-order valence-corrected chi connectivity index (χ1v) is 8.24. The maximum Gasteiger partial charge on any atom is 0.218 e. The highest BCUT2D eigenvalue weighted by molar-refractivity contribution is 7.88. The second-order valence-corrected chi connectivity index (χ2v) is 7.66. The van der Waals surface area contributed by atoms with Crippen LogP contribution in [0, 0.1) is 0 Å². The van der Waals surface area contributed by atoms with Crippen LogP contribution in [0.1, 0.15) is 37.8 Å². The predicted molar refractivity (Wildman–Crippen MR) is 77.0 cm³/mol. The molecule has 1 aromatic rings. The van der Waals surface area contributed by atoms with Gasteiger partial charge in [-0.15, -0.1) is 0 Å². The van der Waals surface area contributed by atoms with Crippen molar-refractivity contribution >= 4 is 10.0 Å². The van der Waals surface area contributed by atoms with Gasteiger partial charge in [-0.25, -0.2) is 8.42 Å². The normalized spacial score (nSPS) is 19.7. The van der Waals surface area contributed by atoms with Gasteiger partial charge in [-0.05, 0) is 37.8 Å². The van der Waals surface area contributed by atoms with E-state index in [4.69, 9.17) is 5.73 Å². The van der Waals surface area contributed by atoms with Gasteiger partial charge in [-0.2, -0.15) is 4.31 Å². The minimum atomic E-state index is -3.25. The van der Waals surface area contributed by atoms with E-state index in [0.717, 1.165) is 24.0 Å². The van der Waals surface area contributed by atoms with Crippen molar-refractivity contribution in [3.63, 3.8) is 0 Å². The van der Waals surface area contributed by atoms with Gasteiger partial charge in [0.05, 0.1) is 5.75 Å². The van der Waals surface area contributed by atoms with Crippen molar-refractivity contribution in [3.05, 3.63) is 35.4 Å². The third-order valence-corrected chi connectivity index (χ3v) is 5.78. The van der Waals surface area contributed by atoms with Gasteiger partial charge in [0, 0.05) is 18.6 Å². The summed E-state index contributed by atoms with van der Waals surface area (Å²) in [6.07, 6.45) is 1.87. The van der Waals surface area contributed by atoms with Crippen molar-refractivity contribution in [2.75, 3.05) is 6.54 Å². The Balaban J connectivity index is 2.21. The van der Waals surface area contributed by atoms with Crippen LogP contribution in [0.5, 0.6) is 0 Å². The third kappa shape index (κ3) is 3.16. The average molecular weight is 282 g/mol. The molecule has 0 saturated carbocycles. The Morgan fingerprint density at radius 1 is 1.32 bits per heavy atom. The summed E-state index contributed by atoms with van der Waals surface area (Å²) in [6.45, 7) is 5.05. The van der Waals surface area contributed by atoms with E-state index >= 15 is 0 Å². The number of hydrogen-bond acceptors (Lipinski definition) is 3. The number of benzene rings is 1. The predicted octanol–water partition coefficient (Wildman–Crippen LogP) is 1.85. The van der Waals surface area contributed by atoms with Crippen molar-refractivity contribution in [2.45, 2.75) is 44.5 Å². The molecule has 1 saturated heterocycles. The Bertz CT molecular complexity index is 552. The zero-order valence-electron chi connectivity index (χ0n) is 11.6. The monoisotopic (exact) mass is 282 g/mol. The van der Waals surface area contributed by atoms with Crippen LogP contribution in [-0.2, 0) is 22.3 Å². The summed E-state index contributed by atoms with van der Waals surface area (Å²) >= 11 is 0. The molecule has 0 atom stereocenters. The Morgan fingerprint density at radius 3 is 2.58 bits per heavy atom. The minimum absolute atomic E-state index is 0.0598. The van der Waals surface area contributed by atoms with Gasteiger partial charge in [0.2, 0.25) is 10.0 Å². The Morgan fingerprint density at radius 2 is 2.00 bits per heavy atom. The van der Waals surface area contributed by atoms with E-state index in [1.165, 1.54) is 0 Å². The quantitative estimate of drug-likeness (QED) is 0.916. The van der Waals surface area contributed by atoms with Crippen molar-refractivity contribution in [3.8, 4) is 0 Å². The zero-order chi connectivity index (χ0) is 14.1. The van der Waals surface area contributed by atoms with Crippen LogP contribution < -0.4 is 5.73 Å². The summed E-state index contributed by atoms with van der Waals surface area (Å²) in [7, 11) is -3.25. The summed E-state index contributed by atoms with van der Waals surface area (Å²) in [5.74, 6) is 0.0598. The summed E-state index contributed by atoms with van der Waals surface area (Å²) in [5.41, 5.74) is 7.11. The van der Waals surface area contributed by atoms with E-state index < -0.39 is 10.0 Å². The molecule has 0 spiro atoms. The maximum absolute atomic E-state index is 12.5. The van der Waals surface area contributed by atoms with Gasteiger partial charge in [0.15, 0.2) is 0 Å². The summed E-state index contributed by atoms with van der Waals surface area (Å²) in [5, 5.41) is 0. The lowest BCUT2D eigenvalue weighted by atomic mass is 10.0. The smallest absolute Gasteiger partial charge is 0.218 e. The largest absolute Gasteiger partial charge is 0.326 e. The van der Waals surface area contributed by atoms with E-state index in [1.807, 2.05) is 38.1 Å². The summed E-state index contributed by atoms with van der Waals surface area (Å²) in [4.78, 5) is 0. The third-order valence-electron chi connectivity index (χ3n) is 3.74. The number of rotatable bonds is 4. The highest BCUT2D eigenvalue weighted by Gasteiger charge is 2.39. The molecule has 0 aromatic heterocycles. The molecule has 19 heavy (non-hydrogen) atoms. The second kappa shape index (κ2) is 5.23. The molecule has 0 amide bonds. The molecule has 106 valence electrons. The van der Waals surface area contributed by atoms with Gasteiger partial charge >= 0.3 is 0 Å². The van der Waals surface area contributed by atoms with Gasteiger partial charge in [-0.1, -0.05) is 24.3 Å². The zero-order valence-corrected chi connectivity index (χ0v) is 12.4. The van der Waals surface area contributed by atoms with E-state index in [2.05, 4.69) is 0 Å². The molecule has 0 aliphatic carbocycles. The highest BCUT2D eigenvalue weighted by atomic mass is 32.2. The Hall–Kier alpha value is -0.910. The first-order valence-electron chi connectivity index (χ1n) is 6.63. The number of nitrogens with zero attached hydrogens (tertiary/aromatic N) is 1. The van der Waals surface area contributed by atoms with Crippen molar-refractivity contribution in [1.82, 2.24) is 4.31 Å². The summed E-state index contributed by atoms with van der Waals surface area (Å²) < 4.78 is 26.7. The number of nitrogens with two attached hydrogens (primary N) is 1. The topological polar surface area (TPSA) is 63.4 Å². The van der Waals surface area contributed by atoms with Crippen molar-refractivity contribution in [1.29, 1.82) is 0 Å². The molecule has 1 aliphatic rings. The van der Waals surface area contributed by atoms with Crippen LogP contribution in [0.3, 0.4) is 0 Å². The lowest BCUT2D eigenvalue weighted by Crippen LogP contribution is -2.43. The Labute approximate surface area is 115 Å². The standard InChI is InChI=1S/C14H22N2O2S/c1-14(2)7-4-8-16(14)19(17,18)11-13-6-3-5-12(9-13)10-15/h3,5-6,9H,4,7-8,10-11,15H2,1-2H3. The van der Waals surface area contributed by atoms with E-state index in [9.17, 15) is 8.42 Å². The fraction of sp³-hybridized carbons (Fsp3) is 0.571. The number of hydrogen-bond donors (Lipinski definition) is 1. The van der Waals surface area contributed by atoms with Crippen LogP contribution in [0.2, 0.25) is 0 Å². The lowest BCUT2D eigenvalue weighted by molar-refractivity contribution is 0.291. The summed E-state index contributed by atoms with van der Waals surface area (Å²) in [6, 6.07) is 7.50. The van der Waals surface area contributed by atoms with Crippen molar-refractivity contribution < 1.29 is 8.42 Å². The molecule has 2 N–H and O–H groups in total. The van der Waals surface area contributed by atoms with E-state index in [1.54, 1.807) is 4.31 Å². The molecular weight excluding hydrogens is 260 g/mol. The Kier molecular flexibility index (Phi) is 3.99. The lowest BCUT2D eigenvalue weighted by Gasteiger charge is -2.30. The van der Waals surface area contributed by atoms with E-state index in [-0.39, 0.29) is 11.3 Å². The molecule has 2 rings (SSSR count). The molecule has 5 heteroatoms. The van der Waals surface area contributed by atoms with Crippen LogP contribution in [0.25, 0.3) is 0 Å². The SMILES string of the molecule is CC1(C)CCCN1S(=O)(=O)Cc1cccc(CN)c1. The molecule has 1 aromatic carbocycles. The van der Waals surface area contributed by atoms with Crippen LogP contribution in [0.15, 0.2) is 24.3 Å². The minimum Gasteiger partial charge on any atom is -0.326 e. The van der Waals surface area contributed by atoms with Gasteiger partial charge in [0.25, 0.3) is 0 Å². The van der Waals surface area contributed by atoms with Gasteiger partial charge in [-0.3, -0.25) is 0 Å². The first kappa shape index (κ1) is 14.5. The van der Waals surface area contributed by atoms with Crippen molar-refractivity contribution in [2.24, 2.45) is 5.73 Å². The molecule has 1 fully saturated rings. The number of sulfonamides is 1. The molecule has 1 heterocycles. The molecule has 0 bridgehead atoms. The molecule has 4 nitrogen and oxygen atoms in total. The molecule has 0 radical (unpaired) electrons. The highest BCUT2D eigenvalue weighted by Crippen LogP contribution is 2.32. The van der Waals surface area contributed by atoms with Crippen LogP contribution >= 0.6 is 0 Å². The molecular formula is C14H22N2O2S. The fourth-order valence-electron chi connectivity index (χ4n) is 2.73. The van der Waals surface area contributed by atoms with E-state index in [0.29, 0.717) is 13.1 Å². The van der Waals surface area contributed by atoms with Crippen LogP contribution in [0.4, 0.5) is 0 Å². The molecule has 0 unspecified atom stereocenters. The maximum atomic E-state index is 12.5. The van der Waals surface area contributed by atoms with Crippen LogP contribution in [-0.4, -0.2) is 24.8 Å². The average Bonchev–Trinajstić information content (AvgIpc) is 2.69. The second-order valence-electron chi connectivity index (χ2n) is 5.77. The molecule has 1 aliphatic heterocycles.